The maximum absolute atomic E-state index is 12.8. The maximum Gasteiger partial charge on any atom is 0.416 e. The molecule has 2 fully saturated rings. The molecule has 1 aromatic carbocycles. The number of nitrogens with zero attached hydrogens (tertiary/aromatic N) is 3. The summed E-state index contributed by atoms with van der Waals surface area (Å²) >= 11 is 0. The van der Waals surface area contributed by atoms with Gasteiger partial charge in [0.1, 0.15) is 5.69 Å². The van der Waals surface area contributed by atoms with Gasteiger partial charge in [0, 0.05) is 32.2 Å². The maximum atomic E-state index is 12.8. The number of hydrogen-bond acceptors (Lipinski definition) is 6. The zero-order chi connectivity index (χ0) is 21.3. The molecule has 2 atom stereocenters. The van der Waals surface area contributed by atoms with Gasteiger partial charge in [0.25, 0.3) is 11.6 Å². The summed E-state index contributed by atoms with van der Waals surface area (Å²) in [6.07, 6.45) is -3.91. The smallest absolute Gasteiger partial charge is 0.416 e. The van der Waals surface area contributed by atoms with E-state index in [0.29, 0.717) is 6.07 Å². The van der Waals surface area contributed by atoms with E-state index in [2.05, 4.69) is 0 Å². The first-order valence-corrected chi connectivity index (χ1v) is 9.13. The Morgan fingerprint density at radius 2 is 1.86 bits per heavy atom. The van der Waals surface area contributed by atoms with Crippen molar-refractivity contribution in [2.24, 2.45) is 11.8 Å². The lowest BCUT2D eigenvalue weighted by Crippen LogP contribution is -2.50. The van der Waals surface area contributed by atoms with Gasteiger partial charge in [-0.3, -0.25) is 19.7 Å². The van der Waals surface area contributed by atoms with Gasteiger partial charge in [-0.05, 0) is 24.5 Å². The van der Waals surface area contributed by atoms with Crippen LogP contribution in [0.3, 0.4) is 0 Å². The molecule has 1 aromatic rings. The Morgan fingerprint density at radius 3 is 2.38 bits per heavy atom. The predicted molar refractivity (Wildman–Crippen MR) is 95.1 cm³/mol. The summed E-state index contributed by atoms with van der Waals surface area (Å²) in [5, 5.41) is 11.2. The Hall–Kier alpha value is -2.85. The van der Waals surface area contributed by atoms with E-state index in [4.69, 9.17) is 4.74 Å². The molecule has 1 saturated carbocycles. The number of amides is 1. The van der Waals surface area contributed by atoms with Gasteiger partial charge in [0.05, 0.1) is 16.4 Å². The summed E-state index contributed by atoms with van der Waals surface area (Å²) in [4.78, 5) is 37.3. The number of alkyl halides is 3. The third-order valence-corrected chi connectivity index (χ3v) is 5.22. The van der Waals surface area contributed by atoms with Crippen LogP contribution in [0, 0.1) is 22.0 Å². The molecule has 3 rings (SSSR count). The van der Waals surface area contributed by atoms with Crippen LogP contribution < -0.4 is 4.90 Å². The van der Waals surface area contributed by atoms with Crippen LogP contribution in [0.5, 0.6) is 0 Å². The van der Waals surface area contributed by atoms with Crippen LogP contribution in [0.4, 0.5) is 24.5 Å². The molecule has 0 radical (unpaired) electrons. The molecule has 8 nitrogen and oxygen atoms in total. The summed E-state index contributed by atoms with van der Waals surface area (Å²) in [6, 6.07) is 2.40. The third-order valence-electron chi connectivity index (χ3n) is 5.22. The van der Waals surface area contributed by atoms with Gasteiger partial charge >= 0.3 is 12.1 Å². The van der Waals surface area contributed by atoms with Gasteiger partial charge in [-0.1, -0.05) is 6.92 Å². The van der Waals surface area contributed by atoms with Crippen molar-refractivity contribution in [3.63, 3.8) is 0 Å². The van der Waals surface area contributed by atoms with Crippen LogP contribution >= 0.6 is 0 Å². The van der Waals surface area contributed by atoms with Gasteiger partial charge in [-0.2, -0.15) is 13.2 Å². The van der Waals surface area contributed by atoms with Crippen molar-refractivity contribution in [3.05, 3.63) is 33.9 Å². The number of esters is 1. The van der Waals surface area contributed by atoms with Crippen molar-refractivity contribution in [2.45, 2.75) is 19.5 Å². The van der Waals surface area contributed by atoms with Crippen molar-refractivity contribution in [1.82, 2.24) is 4.90 Å². The molecular formula is C18H20F3N3O5. The normalized spacial score (nSPS) is 21.7. The molecule has 1 heterocycles. The van der Waals surface area contributed by atoms with Crippen LogP contribution in [-0.4, -0.2) is 54.5 Å². The molecule has 2 aliphatic rings. The van der Waals surface area contributed by atoms with Gasteiger partial charge in [0.15, 0.2) is 6.61 Å². The lowest BCUT2D eigenvalue weighted by molar-refractivity contribution is -0.384. The monoisotopic (exact) mass is 415 g/mol. The molecule has 0 N–H and O–H groups in total. The van der Waals surface area contributed by atoms with E-state index < -0.39 is 22.4 Å². The number of piperazine rings is 1. The van der Waals surface area contributed by atoms with Crippen molar-refractivity contribution in [2.75, 3.05) is 37.7 Å². The highest BCUT2D eigenvalue weighted by Crippen LogP contribution is 2.39. The second-order valence-electron chi connectivity index (χ2n) is 7.25. The van der Waals surface area contributed by atoms with E-state index in [1.807, 2.05) is 6.92 Å². The van der Waals surface area contributed by atoms with Gasteiger partial charge < -0.3 is 14.5 Å². The van der Waals surface area contributed by atoms with Crippen LogP contribution in [0.25, 0.3) is 0 Å². The van der Waals surface area contributed by atoms with Crippen LogP contribution in [0.1, 0.15) is 18.9 Å². The van der Waals surface area contributed by atoms with Crippen molar-refractivity contribution in [3.8, 4) is 0 Å². The number of ether oxygens (including phenoxy) is 1. The van der Waals surface area contributed by atoms with E-state index in [1.165, 1.54) is 4.90 Å². The molecule has 0 unspecified atom stereocenters. The molecule has 158 valence electrons. The van der Waals surface area contributed by atoms with E-state index >= 15 is 0 Å². The third kappa shape index (κ3) is 4.77. The molecule has 1 saturated heterocycles. The summed E-state index contributed by atoms with van der Waals surface area (Å²) in [7, 11) is 0. The minimum atomic E-state index is -4.68. The molecule has 1 aliphatic heterocycles. The SMILES string of the molecule is C[C@H]1C[C@H]1C(=O)OCC(=O)N1CCN(c2ccc(C(F)(F)F)cc2[N+](=O)[O-])CC1. The fourth-order valence-electron chi connectivity index (χ4n) is 3.29. The minimum Gasteiger partial charge on any atom is -0.455 e. The summed E-state index contributed by atoms with van der Waals surface area (Å²) in [6.45, 7) is 2.43. The van der Waals surface area contributed by atoms with Crippen LogP contribution in [0.2, 0.25) is 0 Å². The van der Waals surface area contributed by atoms with Crippen molar-refractivity contribution < 1.29 is 32.4 Å². The number of nitro benzene ring substituents is 1. The summed E-state index contributed by atoms with van der Waals surface area (Å²) < 4.78 is 43.5. The molecule has 0 aromatic heterocycles. The fourth-order valence-corrected chi connectivity index (χ4v) is 3.29. The highest BCUT2D eigenvalue weighted by molar-refractivity contribution is 5.82. The second-order valence-corrected chi connectivity index (χ2v) is 7.25. The number of rotatable bonds is 5. The Morgan fingerprint density at radius 1 is 1.24 bits per heavy atom. The van der Waals surface area contributed by atoms with Gasteiger partial charge in [-0.25, -0.2) is 0 Å². The highest BCUT2D eigenvalue weighted by atomic mass is 19.4. The highest BCUT2D eigenvalue weighted by Gasteiger charge is 2.41. The van der Waals surface area contributed by atoms with Crippen LogP contribution in [0.15, 0.2) is 18.2 Å². The molecule has 29 heavy (non-hydrogen) atoms. The van der Waals surface area contributed by atoms with E-state index in [0.717, 1.165) is 18.6 Å². The van der Waals surface area contributed by atoms with E-state index in [-0.39, 0.29) is 62.2 Å². The van der Waals surface area contributed by atoms with Gasteiger partial charge in [0.2, 0.25) is 0 Å². The topological polar surface area (TPSA) is 93.0 Å². The molecule has 0 bridgehead atoms. The number of carbonyl (C=O) groups is 2. The standard InChI is InChI=1S/C18H20F3N3O5/c1-11-8-13(11)17(26)29-10-16(25)23-6-4-22(5-7-23)14-3-2-12(18(19,20)21)9-15(14)24(27)28/h2-3,9,11,13H,4-8,10H2,1H3/t11-,13+/m0/s1. The fraction of sp³-hybridized carbons (Fsp3) is 0.556. The zero-order valence-corrected chi connectivity index (χ0v) is 15.6. The van der Waals surface area contributed by atoms with Gasteiger partial charge in [-0.15, -0.1) is 0 Å². The van der Waals surface area contributed by atoms with Crippen molar-refractivity contribution in [1.29, 1.82) is 0 Å². The minimum absolute atomic E-state index is 0.0734. The molecule has 0 spiro atoms. The molecular weight excluding hydrogens is 395 g/mol. The average Bonchev–Trinajstić information content (AvgIpc) is 3.41. The lowest BCUT2D eigenvalue weighted by Gasteiger charge is -2.35. The molecule has 1 aliphatic carbocycles. The average molecular weight is 415 g/mol. The quantitative estimate of drug-likeness (QED) is 0.417. The lowest BCUT2D eigenvalue weighted by atomic mass is 10.1. The van der Waals surface area contributed by atoms with E-state index in [9.17, 15) is 32.9 Å². The summed E-state index contributed by atoms with van der Waals surface area (Å²) in [5.41, 5.74) is -1.65. The Bertz CT molecular complexity index is 821. The number of carbonyl (C=O) groups excluding carboxylic acids is 2. The molecule has 1 amide bonds. The van der Waals surface area contributed by atoms with E-state index in [1.54, 1.807) is 4.90 Å². The number of hydrogen-bond donors (Lipinski definition) is 0. The largest absolute Gasteiger partial charge is 0.455 e. The number of benzene rings is 1. The second kappa shape index (κ2) is 7.88. The Labute approximate surface area is 164 Å². The number of halogens is 3. The van der Waals surface area contributed by atoms with Crippen LogP contribution in [-0.2, 0) is 20.5 Å². The van der Waals surface area contributed by atoms with Crippen molar-refractivity contribution >= 4 is 23.3 Å². The summed E-state index contributed by atoms with van der Waals surface area (Å²) in [5.74, 6) is -0.612. The Kier molecular flexibility index (Phi) is 5.67. The predicted octanol–water partition coefficient (Wildman–Crippen LogP) is 2.46. The Balaban J connectivity index is 1.59. The first-order valence-electron chi connectivity index (χ1n) is 9.13. The zero-order valence-electron chi connectivity index (χ0n) is 15.6. The number of anilines is 1. The first-order chi connectivity index (χ1) is 13.6. The number of nitro groups is 1. The first kappa shape index (κ1) is 20.9. The molecule has 11 heteroatoms.